The fourth-order valence-corrected chi connectivity index (χ4v) is 4.16. The van der Waals surface area contributed by atoms with Gasteiger partial charge in [0, 0.05) is 10.0 Å². The van der Waals surface area contributed by atoms with Crippen LogP contribution in [0.3, 0.4) is 0 Å². The molecule has 0 radical (unpaired) electrons. The van der Waals surface area contributed by atoms with E-state index >= 15 is 0 Å². The van der Waals surface area contributed by atoms with Crippen molar-refractivity contribution in [1.29, 1.82) is 0 Å². The number of hydrogen-bond donors (Lipinski definition) is 0. The minimum Gasteiger partial charge on any atom is -0.484 e. The van der Waals surface area contributed by atoms with Crippen LogP contribution in [0.2, 0.25) is 0 Å². The van der Waals surface area contributed by atoms with Crippen LogP contribution in [0, 0.1) is 0 Å². The fourth-order valence-electron chi connectivity index (χ4n) is 2.62. The Bertz CT molecular complexity index is 1210. The summed E-state index contributed by atoms with van der Waals surface area (Å²) in [6.07, 6.45) is 0. The summed E-state index contributed by atoms with van der Waals surface area (Å²) >= 11 is 3.38. The molecule has 4 aromatic rings. The van der Waals surface area contributed by atoms with E-state index in [1.165, 1.54) is 12.1 Å². The van der Waals surface area contributed by atoms with Gasteiger partial charge in [-0.1, -0.05) is 34.1 Å². The minimum absolute atomic E-state index is 0.0777. The second-order valence-corrected chi connectivity index (χ2v) is 8.95. The molecule has 3 aromatic carbocycles. The van der Waals surface area contributed by atoms with Crippen molar-refractivity contribution < 1.29 is 17.6 Å². The van der Waals surface area contributed by atoms with Crippen LogP contribution in [0.5, 0.6) is 5.75 Å². The van der Waals surface area contributed by atoms with Crippen molar-refractivity contribution in [3.8, 4) is 17.2 Å². The zero-order chi connectivity index (χ0) is 20.3. The van der Waals surface area contributed by atoms with Crippen LogP contribution >= 0.6 is 15.9 Å². The summed E-state index contributed by atoms with van der Waals surface area (Å²) in [4.78, 5) is 0.450. The molecule has 0 aliphatic carbocycles. The van der Waals surface area contributed by atoms with Gasteiger partial charge in [0.05, 0.1) is 9.79 Å². The molecule has 0 fully saturated rings. The molecular weight excluding hydrogens is 456 g/mol. The third-order valence-corrected chi connectivity index (χ3v) is 6.42. The molecule has 0 aliphatic heterocycles. The second kappa shape index (κ2) is 8.18. The number of aromatic nitrogens is 2. The van der Waals surface area contributed by atoms with Crippen LogP contribution in [0.25, 0.3) is 11.5 Å². The SMILES string of the molecule is O=S(=O)(c1ccccc1)c1ccc(OCc2nnc(-c3ccc(Br)cc3)o2)cc1. The zero-order valence-electron chi connectivity index (χ0n) is 15.0. The number of rotatable bonds is 6. The van der Waals surface area contributed by atoms with Gasteiger partial charge in [0.1, 0.15) is 5.75 Å². The van der Waals surface area contributed by atoms with Crippen LogP contribution in [0.4, 0.5) is 0 Å². The van der Waals surface area contributed by atoms with E-state index in [-0.39, 0.29) is 16.4 Å². The predicted molar refractivity (Wildman–Crippen MR) is 110 cm³/mol. The zero-order valence-corrected chi connectivity index (χ0v) is 17.4. The maximum atomic E-state index is 12.6. The molecule has 146 valence electrons. The van der Waals surface area contributed by atoms with Crippen LogP contribution in [0.1, 0.15) is 5.89 Å². The Labute approximate surface area is 176 Å². The molecule has 0 bridgehead atoms. The Morgan fingerprint density at radius 3 is 2.17 bits per heavy atom. The quantitative estimate of drug-likeness (QED) is 0.398. The molecule has 0 N–H and O–H groups in total. The molecule has 0 atom stereocenters. The number of hydrogen-bond acceptors (Lipinski definition) is 6. The number of nitrogens with zero attached hydrogens (tertiary/aromatic N) is 2. The Morgan fingerprint density at radius 2 is 1.48 bits per heavy atom. The third-order valence-electron chi connectivity index (χ3n) is 4.11. The highest BCUT2D eigenvalue weighted by Crippen LogP contribution is 2.24. The maximum Gasteiger partial charge on any atom is 0.254 e. The lowest BCUT2D eigenvalue weighted by molar-refractivity contribution is 0.264. The topological polar surface area (TPSA) is 82.3 Å². The first kappa shape index (κ1) is 19.4. The van der Waals surface area contributed by atoms with Gasteiger partial charge in [-0.2, -0.15) is 0 Å². The number of halogens is 1. The average molecular weight is 471 g/mol. The van der Waals surface area contributed by atoms with Crippen molar-refractivity contribution in [3.05, 3.63) is 89.2 Å². The minimum atomic E-state index is -3.55. The van der Waals surface area contributed by atoms with Gasteiger partial charge >= 0.3 is 0 Å². The highest BCUT2D eigenvalue weighted by atomic mass is 79.9. The van der Waals surface area contributed by atoms with Gasteiger partial charge in [-0.05, 0) is 60.7 Å². The van der Waals surface area contributed by atoms with Crippen LogP contribution < -0.4 is 4.74 Å². The van der Waals surface area contributed by atoms with E-state index in [4.69, 9.17) is 9.15 Å². The molecule has 29 heavy (non-hydrogen) atoms. The van der Waals surface area contributed by atoms with E-state index in [1.54, 1.807) is 42.5 Å². The Kier molecular flexibility index (Phi) is 5.46. The van der Waals surface area contributed by atoms with E-state index < -0.39 is 9.84 Å². The summed E-state index contributed by atoms with van der Waals surface area (Å²) in [6, 6.07) is 22.0. The van der Waals surface area contributed by atoms with Crippen molar-refractivity contribution >= 4 is 25.8 Å². The molecule has 0 saturated heterocycles. The standard InChI is InChI=1S/C21H15BrN2O4S/c22-16-8-6-15(7-9-16)21-24-23-20(28-21)14-27-17-10-12-19(13-11-17)29(25,26)18-4-2-1-3-5-18/h1-13H,14H2. The molecule has 0 spiro atoms. The van der Waals surface area contributed by atoms with E-state index in [2.05, 4.69) is 26.1 Å². The molecule has 0 unspecified atom stereocenters. The lowest BCUT2D eigenvalue weighted by Gasteiger charge is -2.07. The van der Waals surface area contributed by atoms with E-state index in [9.17, 15) is 8.42 Å². The lowest BCUT2D eigenvalue weighted by Crippen LogP contribution is -2.02. The summed E-state index contributed by atoms with van der Waals surface area (Å²) in [5.41, 5.74) is 0.808. The van der Waals surface area contributed by atoms with E-state index in [1.807, 2.05) is 24.3 Å². The van der Waals surface area contributed by atoms with Crippen LogP contribution in [-0.4, -0.2) is 18.6 Å². The first-order valence-corrected chi connectivity index (χ1v) is 10.9. The van der Waals surface area contributed by atoms with Gasteiger partial charge in [-0.25, -0.2) is 8.42 Å². The molecule has 4 rings (SSSR count). The van der Waals surface area contributed by atoms with Crippen molar-refractivity contribution in [2.24, 2.45) is 0 Å². The van der Waals surface area contributed by atoms with Crippen LogP contribution in [-0.2, 0) is 16.4 Å². The van der Waals surface area contributed by atoms with Gasteiger partial charge in [0.15, 0.2) is 6.61 Å². The molecule has 1 heterocycles. The molecule has 8 heteroatoms. The monoisotopic (exact) mass is 470 g/mol. The molecule has 1 aromatic heterocycles. The Balaban J connectivity index is 1.43. The van der Waals surface area contributed by atoms with Crippen LogP contribution in [0.15, 0.2) is 97.5 Å². The summed E-state index contributed by atoms with van der Waals surface area (Å²) in [5, 5.41) is 7.99. The highest BCUT2D eigenvalue weighted by molar-refractivity contribution is 9.10. The summed E-state index contributed by atoms with van der Waals surface area (Å²) < 4.78 is 37.4. The smallest absolute Gasteiger partial charge is 0.254 e. The number of ether oxygens (including phenoxy) is 1. The Hall–Kier alpha value is -2.97. The van der Waals surface area contributed by atoms with E-state index in [0.717, 1.165) is 10.0 Å². The first-order valence-electron chi connectivity index (χ1n) is 8.64. The van der Waals surface area contributed by atoms with Crippen molar-refractivity contribution in [1.82, 2.24) is 10.2 Å². The highest BCUT2D eigenvalue weighted by Gasteiger charge is 2.17. The van der Waals surface area contributed by atoms with E-state index in [0.29, 0.717) is 17.5 Å². The number of sulfone groups is 1. The van der Waals surface area contributed by atoms with Gasteiger partial charge < -0.3 is 9.15 Å². The van der Waals surface area contributed by atoms with Crippen molar-refractivity contribution in [2.45, 2.75) is 16.4 Å². The van der Waals surface area contributed by atoms with Crippen molar-refractivity contribution in [3.63, 3.8) is 0 Å². The molecule has 6 nitrogen and oxygen atoms in total. The largest absolute Gasteiger partial charge is 0.484 e. The van der Waals surface area contributed by atoms with Gasteiger partial charge in [0.2, 0.25) is 15.7 Å². The fraction of sp³-hybridized carbons (Fsp3) is 0.0476. The second-order valence-electron chi connectivity index (χ2n) is 6.08. The molecule has 0 saturated carbocycles. The lowest BCUT2D eigenvalue weighted by atomic mass is 10.2. The average Bonchev–Trinajstić information content (AvgIpc) is 3.23. The molecule has 0 amide bonds. The Morgan fingerprint density at radius 1 is 0.828 bits per heavy atom. The van der Waals surface area contributed by atoms with Gasteiger partial charge in [-0.3, -0.25) is 0 Å². The van der Waals surface area contributed by atoms with Crippen molar-refractivity contribution in [2.75, 3.05) is 0 Å². The first-order chi connectivity index (χ1) is 14.0. The summed E-state index contributed by atoms with van der Waals surface area (Å²) in [5.74, 6) is 1.23. The van der Waals surface area contributed by atoms with Gasteiger partial charge in [0.25, 0.3) is 5.89 Å². The summed E-state index contributed by atoms with van der Waals surface area (Å²) in [6.45, 7) is 0.0777. The predicted octanol–water partition coefficient (Wildman–Crippen LogP) is 4.91. The normalized spacial score (nSPS) is 11.3. The third kappa shape index (κ3) is 4.38. The number of benzene rings is 3. The maximum absolute atomic E-state index is 12.6. The molecule has 0 aliphatic rings. The summed E-state index contributed by atoms with van der Waals surface area (Å²) in [7, 11) is -3.55. The van der Waals surface area contributed by atoms with Gasteiger partial charge in [-0.15, -0.1) is 10.2 Å². The molecular formula is C21H15BrN2O4S.